The van der Waals surface area contributed by atoms with Gasteiger partial charge in [-0.15, -0.1) is 0 Å². The zero-order chi connectivity index (χ0) is 13.9. The van der Waals surface area contributed by atoms with E-state index in [0.29, 0.717) is 12.6 Å². The summed E-state index contributed by atoms with van der Waals surface area (Å²) in [4.78, 5) is 14.1. The topological polar surface area (TPSA) is 52.6 Å². The summed E-state index contributed by atoms with van der Waals surface area (Å²) in [6.07, 6.45) is 2.06. The first kappa shape index (κ1) is 15.4. The van der Waals surface area contributed by atoms with Gasteiger partial charge in [-0.2, -0.15) is 0 Å². The lowest BCUT2D eigenvalue weighted by Gasteiger charge is -2.39. The second-order valence-electron chi connectivity index (χ2n) is 6.01. The normalized spacial score (nSPS) is 19.6. The van der Waals surface area contributed by atoms with Gasteiger partial charge in [-0.25, -0.2) is 0 Å². The molecule has 2 N–H and O–H groups in total. The van der Waals surface area contributed by atoms with E-state index in [2.05, 4.69) is 31.0 Å². The van der Waals surface area contributed by atoms with E-state index in [9.17, 15) is 9.90 Å². The Morgan fingerprint density at radius 3 is 2.22 bits per heavy atom. The van der Waals surface area contributed by atoms with Gasteiger partial charge in [0, 0.05) is 18.6 Å². The summed E-state index contributed by atoms with van der Waals surface area (Å²) in [5.74, 6) is -0.414. The quantitative estimate of drug-likeness (QED) is 0.697. The van der Waals surface area contributed by atoms with Crippen LogP contribution in [0, 0.1) is 5.92 Å². The summed E-state index contributed by atoms with van der Waals surface area (Å²) in [6.45, 7) is 11.9. The van der Waals surface area contributed by atoms with Crippen molar-refractivity contribution >= 4 is 5.97 Å². The summed E-state index contributed by atoms with van der Waals surface area (Å²) >= 11 is 0. The van der Waals surface area contributed by atoms with E-state index in [1.54, 1.807) is 0 Å². The van der Waals surface area contributed by atoms with Gasteiger partial charge >= 0.3 is 5.97 Å². The van der Waals surface area contributed by atoms with Gasteiger partial charge in [-0.05, 0) is 53.0 Å². The Bertz CT molecular complexity index is 288. The summed E-state index contributed by atoms with van der Waals surface area (Å²) in [5, 5.41) is 13.1. The highest BCUT2D eigenvalue weighted by molar-refractivity contribution is 5.80. The number of hydrogen-bond acceptors (Lipinski definition) is 3. The van der Waals surface area contributed by atoms with Crippen molar-refractivity contribution in [1.29, 1.82) is 0 Å². The Morgan fingerprint density at radius 1 is 1.39 bits per heavy atom. The number of nitrogens with zero attached hydrogens (tertiary/aromatic N) is 1. The molecule has 1 saturated carbocycles. The van der Waals surface area contributed by atoms with Gasteiger partial charge in [0.2, 0.25) is 0 Å². The number of hydrogen-bond donors (Lipinski definition) is 2. The molecule has 0 aliphatic heterocycles. The first-order chi connectivity index (χ1) is 8.33. The molecule has 0 spiro atoms. The van der Waals surface area contributed by atoms with Crippen LogP contribution in [-0.2, 0) is 4.79 Å². The van der Waals surface area contributed by atoms with Crippen LogP contribution in [0.5, 0.6) is 0 Å². The fraction of sp³-hybridized carbons (Fsp3) is 0.929. The van der Waals surface area contributed by atoms with Gasteiger partial charge in [-0.3, -0.25) is 15.0 Å². The number of likely N-dealkylation sites (N-methyl/N-ethyl adjacent to an activating group) is 1. The van der Waals surface area contributed by atoms with Crippen LogP contribution in [0.3, 0.4) is 0 Å². The SMILES string of the molecule is CCN(CC(NC(C)C)(C(=O)O)C1CC1)C(C)C. The van der Waals surface area contributed by atoms with E-state index in [1.165, 1.54) is 0 Å². The Hall–Kier alpha value is -0.610. The Kier molecular flexibility index (Phi) is 5.17. The van der Waals surface area contributed by atoms with Gasteiger partial charge in [0.05, 0.1) is 0 Å². The highest BCUT2D eigenvalue weighted by Crippen LogP contribution is 2.41. The molecule has 0 heterocycles. The van der Waals surface area contributed by atoms with Crippen molar-refractivity contribution in [2.45, 2.75) is 65.1 Å². The van der Waals surface area contributed by atoms with Gasteiger partial charge in [0.15, 0.2) is 0 Å². The largest absolute Gasteiger partial charge is 0.480 e. The molecular weight excluding hydrogens is 228 g/mol. The lowest BCUT2D eigenvalue weighted by atomic mass is 9.90. The standard InChI is InChI=1S/C14H28N2O2/c1-6-16(11(4)5)9-14(13(17)18,12-7-8-12)15-10(2)3/h10-12,15H,6-9H2,1-5H3,(H,17,18). The molecule has 1 aliphatic rings. The molecule has 0 radical (unpaired) electrons. The molecule has 1 aliphatic carbocycles. The zero-order valence-electron chi connectivity index (χ0n) is 12.4. The average molecular weight is 256 g/mol. The van der Waals surface area contributed by atoms with Crippen LogP contribution in [0.2, 0.25) is 0 Å². The highest BCUT2D eigenvalue weighted by Gasteiger charge is 2.52. The number of rotatable bonds is 8. The number of aliphatic carboxylic acids is 1. The maximum atomic E-state index is 11.8. The van der Waals surface area contributed by atoms with Gasteiger partial charge in [0.1, 0.15) is 5.54 Å². The lowest BCUT2D eigenvalue weighted by molar-refractivity contribution is -0.147. The maximum Gasteiger partial charge on any atom is 0.325 e. The third-order valence-corrected chi connectivity index (χ3v) is 3.79. The smallest absolute Gasteiger partial charge is 0.325 e. The van der Waals surface area contributed by atoms with E-state index in [0.717, 1.165) is 19.4 Å². The second-order valence-corrected chi connectivity index (χ2v) is 6.01. The van der Waals surface area contributed by atoms with E-state index in [1.807, 2.05) is 13.8 Å². The fourth-order valence-corrected chi connectivity index (χ4v) is 2.67. The Morgan fingerprint density at radius 2 is 1.94 bits per heavy atom. The van der Waals surface area contributed by atoms with Crippen LogP contribution in [0.4, 0.5) is 0 Å². The Labute approximate surface area is 111 Å². The average Bonchev–Trinajstić information content (AvgIpc) is 3.06. The van der Waals surface area contributed by atoms with Gasteiger partial charge < -0.3 is 5.11 Å². The third kappa shape index (κ3) is 3.45. The summed E-state index contributed by atoms with van der Waals surface area (Å²) in [6, 6.07) is 0.564. The minimum Gasteiger partial charge on any atom is -0.480 e. The zero-order valence-corrected chi connectivity index (χ0v) is 12.4. The van der Waals surface area contributed by atoms with Crippen LogP contribution < -0.4 is 5.32 Å². The van der Waals surface area contributed by atoms with Crippen molar-refractivity contribution < 1.29 is 9.90 Å². The first-order valence-corrected chi connectivity index (χ1v) is 7.08. The van der Waals surface area contributed by atoms with Crippen molar-refractivity contribution in [1.82, 2.24) is 10.2 Å². The number of carboxylic acid groups (broad SMARTS) is 1. The predicted molar refractivity (Wildman–Crippen MR) is 73.7 cm³/mol. The van der Waals surface area contributed by atoms with Gasteiger partial charge in [-0.1, -0.05) is 6.92 Å². The highest BCUT2D eigenvalue weighted by atomic mass is 16.4. The van der Waals surface area contributed by atoms with Crippen molar-refractivity contribution in [3.63, 3.8) is 0 Å². The van der Waals surface area contributed by atoms with Crippen LogP contribution >= 0.6 is 0 Å². The summed E-state index contributed by atoms with van der Waals surface area (Å²) < 4.78 is 0. The second kappa shape index (κ2) is 6.02. The van der Waals surface area contributed by atoms with E-state index in [-0.39, 0.29) is 12.0 Å². The molecule has 0 amide bonds. The van der Waals surface area contributed by atoms with E-state index >= 15 is 0 Å². The van der Waals surface area contributed by atoms with E-state index < -0.39 is 11.5 Å². The molecule has 18 heavy (non-hydrogen) atoms. The molecule has 4 nitrogen and oxygen atoms in total. The first-order valence-electron chi connectivity index (χ1n) is 7.08. The summed E-state index contributed by atoms with van der Waals surface area (Å²) in [5.41, 5.74) is -0.769. The van der Waals surface area contributed by atoms with Crippen LogP contribution in [0.15, 0.2) is 0 Å². The molecule has 1 rings (SSSR count). The van der Waals surface area contributed by atoms with Gasteiger partial charge in [0.25, 0.3) is 0 Å². The number of nitrogens with one attached hydrogen (secondary N) is 1. The molecule has 0 bridgehead atoms. The summed E-state index contributed by atoms with van der Waals surface area (Å²) in [7, 11) is 0. The maximum absolute atomic E-state index is 11.8. The molecule has 1 atom stereocenters. The minimum atomic E-state index is -0.769. The Balaban J connectivity index is 2.91. The molecule has 0 aromatic carbocycles. The molecule has 0 aromatic rings. The van der Waals surface area contributed by atoms with Crippen molar-refractivity contribution in [3.8, 4) is 0 Å². The molecular formula is C14H28N2O2. The van der Waals surface area contributed by atoms with E-state index in [4.69, 9.17) is 0 Å². The minimum absolute atomic E-state index is 0.188. The molecule has 1 unspecified atom stereocenters. The number of carbonyl (C=O) groups is 1. The number of carboxylic acids is 1. The molecule has 1 fully saturated rings. The third-order valence-electron chi connectivity index (χ3n) is 3.79. The predicted octanol–water partition coefficient (Wildman–Crippen LogP) is 1.95. The lowest BCUT2D eigenvalue weighted by Crippen LogP contribution is -2.63. The van der Waals surface area contributed by atoms with Crippen molar-refractivity contribution in [2.75, 3.05) is 13.1 Å². The monoisotopic (exact) mass is 256 g/mol. The van der Waals surface area contributed by atoms with Crippen LogP contribution in [0.25, 0.3) is 0 Å². The van der Waals surface area contributed by atoms with Crippen molar-refractivity contribution in [3.05, 3.63) is 0 Å². The van der Waals surface area contributed by atoms with Crippen LogP contribution in [0.1, 0.15) is 47.5 Å². The fourth-order valence-electron chi connectivity index (χ4n) is 2.67. The van der Waals surface area contributed by atoms with Crippen molar-refractivity contribution in [2.24, 2.45) is 5.92 Å². The molecule has 0 aromatic heterocycles. The molecule has 4 heteroatoms. The molecule has 0 saturated heterocycles. The van der Waals surface area contributed by atoms with Crippen LogP contribution in [-0.4, -0.2) is 46.7 Å². The molecule has 106 valence electrons.